The molecule has 2 aromatic rings. The maximum Gasteiger partial charge on any atom is 0.350 e. The molecule has 10 heteroatoms. The van der Waals surface area contributed by atoms with Gasteiger partial charge in [-0.2, -0.15) is 0 Å². The SMILES string of the molecule is CCOC(=O)c1sc(C(C)NC(=NC)NCc2ncc(C(C)(C)C)o2)nc1C.I. The summed E-state index contributed by atoms with van der Waals surface area (Å²) >= 11 is 1.33. The number of halogens is 1. The molecule has 0 aliphatic carbocycles. The van der Waals surface area contributed by atoms with Crippen molar-refractivity contribution in [1.29, 1.82) is 0 Å². The van der Waals surface area contributed by atoms with Crippen molar-refractivity contribution < 1.29 is 13.9 Å². The van der Waals surface area contributed by atoms with Gasteiger partial charge in [-0.05, 0) is 20.8 Å². The third kappa shape index (κ3) is 6.95. The van der Waals surface area contributed by atoms with Crippen molar-refractivity contribution in [3.8, 4) is 0 Å². The number of hydrogen-bond acceptors (Lipinski definition) is 7. The molecule has 0 saturated carbocycles. The molecule has 0 amide bonds. The van der Waals surface area contributed by atoms with E-state index in [1.807, 2.05) is 6.92 Å². The van der Waals surface area contributed by atoms with Crippen LogP contribution >= 0.6 is 35.3 Å². The van der Waals surface area contributed by atoms with E-state index in [0.29, 0.717) is 35.6 Å². The van der Waals surface area contributed by atoms with Crippen molar-refractivity contribution in [2.75, 3.05) is 13.7 Å². The lowest BCUT2D eigenvalue weighted by molar-refractivity contribution is 0.0531. The topological polar surface area (TPSA) is 102 Å². The Morgan fingerprint density at radius 3 is 2.66 bits per heavy atom. The number of esters is 1. The monoisotopic (exact) mass is 535 g/mol. The molecule has 8 nitrogen and oxygen atoms in total. The number of carbonyl (C=O) groups is 1. The lowest BCUT2D eigenvalue weighted by Crippen LogP contribution is -2.38. The van der Waals surface area contributed by atoms with Crippen LogP contribution in [0.3, 0.4) is 0 Å². The van der Waals surface area contributed by atoms with Gasteiger partial charge in [0.15, 0.2) is 5.96 Å². The van der Waals surface area contributed by atoms with Crippen molar-refractivity contribution in [2.45, 2.75) is 59.5 Å². The fourth-order valence-electron chi connectivity index (χ4n) is 2.35. The van der Waals surface area contributed by atoms with Crippen molar-refractivity contribution in [1.82, 2.24) is 20.6 Å². The number of aromatic nitrogens is 2. The molecule has 2 N–H and O–H groups in total. The number of ether oxygens (including phenoxy) is 1. The molecule has 1 unspecified atom stereocenters. The van der Waals surface area contributed by atoms with E-state index in [4.69, 9.17) is 9.15 Å². The smallest absolute Gasteiger partial charge is 0.350 e. The number of nitrogens with one attached hydrogen (secondary N) is 2. The standard InChI is InChI=1S/C19H29N5O3S.HI/c1-8-26-17(25)15-11(2)23-16(28-15)12(3)24-18(20-7)22-10-14-21-9-13(27-14)19(4,5)6;/h9,12H,8,10H2,1-7H3,(H2,20,22,24);1H. The molecule has 2 rings (SSSR count). The van der Waals surface area contributed by atoms with Gasteiger partial charge in [0.2, 0.25) is 5.89 Å². The zero-order chi connectivity index (χ0) is 20.9. The summed E-state index contributed by atoms with van der Waals surface area (Å²) in [6.07, 6.45) is 1.76. The van der Waals surface area contributed by atoms with Crippen LogP contribution in [0.25, 0.3) is 0 Å². The first-order valence-corrected chi connectivity index (χ1v) is 10.0. The molecule has 0 aliphatic rings. The number of hydrogen-bond donors (Lipinski definition) is 2. The van der Waals surface area contributed by atoms with Gasteiger partial charge < -0.3 is 19.8 Å². The molecule has 0 aromatic carbocycles. The second-order valence-corrected chi connectivity index (χ2v) is 8.38. The average molecular weight is 535 g/mol. The maximum atomic E-state index is 12.0. The second-order valence-electron chi connectivity index (χ2n) is 7.35. The molecule has 0 fully saturated rings. The lowest BCUT2D eigenvalue weighted by atomic mass is 9.94. The fourth-order valence-corrected chi connectivity index (χ4v) is 3.31. The molecule has 0 radical (unpaired) electrons. The first-order chi connectivity index (χ1) is 13.2. The fraction of sp³-hybridized carbons (Fsp3) is 0.579. The first kappa shape index (κ1) is 25.3. The molecular formula is C19H30IN5O3S. The van der Waals surface area contributed by atoms with Crippen molar-refractivity contribution in [3.05, 3.63) is 33.4 Å². The van der Waals surface area contributed by atoms with Crippen molar-refractivity contribution in [3.63, 3.8) is 0 Å². The number of aryl methyl sites for hydroxylation is 1. The molecule has 0 spiro atoms. The van der Waals surface area contributed by atoms with E-state index in [0.717, 1.165) is 10.8 Å². The summed E-state index contributed by atoms with van der Waals surface area (Å²) in [5.74, 6) is 1.69. The van der Waals surface area contributed by atoms with Gasteiger partial charge in [0.25, 0.3) is 0 Å². The highest BCUT2D eigenvalue weighted by atomic mass is 127. The minimum Gasteiger partial charge on any atom is -0.462 e. The number of rotatable bonds is 6. The Kier molecular flexibility index (Phi) is 9.53. The number of carbonyl (C=O) groups excluding carboxylic acids is 1. The van der Waals surface area contributed by atoms with Gasteiger partial charge in [-0.25, -0.2) is 14.8 Å². The molecule has 0 saturated heterocycles. The van der Waals surface area contributed by atoms with Crippen LogP contribution in [0.15, 0.2) is 15.6 Å². The molecule has 2 heterocycles. The van der Waals surface area contributed by atoms with Crippen LogP contribution in [0.5, 0.6) is 0 Å². The predicted octanol–water partition coefficient (Wildman–Crippen LogP) is 3.96. The average Bonchev–Trinajstić information content (AvgIpc) is 3.25. The molecular weight excluding hydrogens is 505 g/mol. The number of thiazole rings is 1. The Morgan fingerprint density at radius 1 is 1.41 bits per heavy atom. The Bertz CT molecular complexity index is 841. The van der Waals surface area contributed by atoms with E-state index in [1.54, 1.807) is 27.1 Å². The van der Waals surface area contributed by atoms with Crippen LogP contribution in [-0.4, -0.2) is 35.6 Å². The zero-order valence-electron chi connectivity index (χ0n) is 18.0. The normalized spacial score (nSPS) is 12.9. The summed E-state index contributed by atoms with van der Waals surface area (Å²) < 4.78 is 10.9. The van der Waals surface area contributed by atoms with Gasteiger partial charge in [-0.1, -0.05) is 20.8 Å². The van der Waals surface area contributed by atoms with E-state index in [2.05, 4.69) is 46.4 Å². The Morgan fingerprint density at radius 2 is 2.10 bits per heavy atom. The summed E-state index contributed by atoms with van der Waals surface area (Å²) in [5.41, 5.74) is 0.587. The van der Waals surface area contributed by atoms with E-state index in [9.17, 15) is 4.79 Å². The van der Waals surface area contributed by atoms with Crippen LogP contribution in [-0.2, 0) is 16.7 Å². The summed E-state index contributed by atoms with van der Waals surface area (Å²) in [6.45, 7) is 12.5. The second kappa shape index (κ2) is 10.9. The lowest BCUT2D eigenvalue weighted by Gasteiger charge is -2.16. The number of nitrogens with zero attached hydrogens (tertiary/aromatic N) is 3. The molecule has 2 aromatic heterocycles. The minimum absolute atomic E-state index is 0. The number of oxazole rings is 1. The van der Waals surface area contributed by atoms with E-state index in [1.165, 1.54) is 11.3 Å². The number of aliphatic imine (C=N–C) groups is 1. The van der Waals surface area contributed by atoms with Crippen LogP contribution in [0, 0.1) is 6.92 Å². The van der Waals surface area contributed by atoms with E-state index in [-0.39, 0.29) is 41.4 Å². The highest BCUT2D eigenvalue weighted by molar-refractivity contribution is 14.0. The van der Waals surface area contributed by atoms with Crippen molar-refractivity contribution in [2.24, 2.45) is 4.99 Å². The molecule has 162 valence electrons. The summed E-state index contributed by atoms with van der Waals surface area (Å²) in [7, 11) is 1.69. The summed E-state index contributed by atoms with van der Waals surface area (Å²) in [4.78, 5) is 25.5. The molecule has 29 heavy (non-hydrogen) atoms. The Labute approximate surface area is 193 Å². The van der Waals surface area contributed by atoms with Gasteiger partial charge >= 0.3 is 5.97 Å². The Hall–Kier alpha value is -1.69. The maximum absolute atomic E-state index is 12.0. The zero-order valence-corrected chi connectivity index (χ0v) is 21.1. The third-order valence-corrected chi connectivity index (χ3v) is 5.24. The highest BCUT2D eigenvalue weighted by Gasteiger charge is 2.21. The van der Waals surface area contributed by atoms with Gasteiger partial charge in [-0.3, -0.25) is 4.99 Å². The molecule has 0 aliphatic heterocycles. The Balaban J connectivity index is 0.00000420. The van der Waals surface area contributed by atoms with Gasteiger partial charge in [0.05, 0.1) is 31.1 Å². The first-order valence-electron chi connectivity index (χ1n) is 9.22. The van der Waals surface area contributed by atoms with Crippen LogP contribution in [0.1, 0.15) is 72.7 Å². The summed E-state index contributed by atoms with van der Waals surface area (Å²) in [5, 5.41) is 7.24. The number of guanidine groups is 1. The third-order valence-electron chi connectivity index (χ3n) is 3.92. The predicted molar refractivity (Wildman–Crippen MR) is 125 cm³/mol. The minimum atomic E-state index is -0.336. The van der Waals surface area contributed by atoms with Crippen molar-refractivity contribution >= 4 is 47.2 Å². The van der Waals surface area contributed by atoms with E-state index >= 15 is 0 Å². The van der Waals surface area contributed by atoms with Gasteiger partial charge in [0, 0.05) is 12.5 Å². The van der Waals surface area contributed by atoms with Gasteiger partial charge in [0.1, 0.15) is 15.6 Å². The van der Waals surface area contributed by atoms with E-state index < -0.39 is 0 Å². The highest BCUT2D eigenvalue weighted by Crippen LogP contribution is 2.24. The summed E-state index contributed by atoms with van der Waals surface area (Å²) in [6, 6.07) is -0.132. The largest absolute Gasteiger partial charge is 0.462 e. The quantitative estimate of drug-likeness (QED) is 0.250. The molecule has 1 atom stereocenters. The van der Waals surface area contributed by atoms with Crippen LogP contribution < -0.4 is 10.6 Å². The van der Waals surface area contributed by atoms with Gasteiger partial charge in [-0.15, -0.1) is 35.3 Å². The van der Waals surface area contributed by atoms with Crippen LogP contribution in [0.4, 0.5) is 0 Å². The molecule has 0 bridgehead atoms. The van der Waals surface area contributed by atoms with Crippen LogP contribution in [0.2, 0.25) is 0 Å².